The molecule has 1 fully saturated rings. The van der Waals surface area contributed by atoms with Gasteiger partial charge in [0.1, 0.15) is 5.75 Å². The predicted molar refractivity (Wildman–Crippen MR) is 102 cm³/mol. The third kappa shape index (κ3) is 4.96. The van der Waals surface area contributed by atoms with Crippen LogP contribution in [0.5, 0.6) is 5.75 Å². The summed E-state index contributed by atoms with van der Waals surface area (Å²) in [6.45, 7) is -2.72. The number of halogens is 2. The Balaban J connectivity index is 1.58. The molecule has 0 aliphatic carbocycles. The maximum absolute atomic E-state index is 12.4. The van der Waals surface area contributed by atoms with Gasteiger partial charge in [-0.25, -0.2) is 0 Å². The van der Waals surface area contributed by atoms with E-state index in [2.05, 4.69) is 10.1 Å². The summed E-state index contributed by atoms with van der Waals surface area (Å²) in [5, 5.41) is 4.01. The van der Waals surface area contributed by atoms with Crippen LogP contribution in [0.1, 0.15) is 15.2 Å². The van der Waals surface area contributed by atoms with Crippen LogP contribution in [0.4, 0.5) is 13.6 Å². The number of rotatable bonds is 7. The Morgan fingerprint density at radius 2 is 1.96 bits per heavy atom. The van der Waals surface area contributed by atoms with Crippen molar-refractivity contribution in [2.75, 3.05) is 13.1 Å². The van der Waals surface area contributed by atoms with Gasteiger partial charge >= 0.3 is 6.61 Å². The molecule has 1 aromatic heterocycles. The van der Waals surface area contributed by atoms with Crippen LogP contribution in [0.15, 0.2) is 46.7 Å². The second kappa shape index (κ2) is 8.98. The first-order chi connectivity index (χ1) is 13.4. The monoisotopic (exact) mass is 424 g/mol. The van der Waals surface area contributed by atoms with Crippen LogP contribution < -0.4 is 10.1 Å². The quantitative estimate of drug-likeness (QED) is 0.684. The fourth-order valence-electron chi connectivity index (χ4n) is 2.37. The Bertz CT molecular complexity index is 899. The number of thioether (sulfide) groups is 1. The lowest BCUT2D eigenvalue weighted by atomic mass is 10.2. The van der Waals surface area contributed by atoms with E-state index in [-0.39, 0.29) is 29.7 Å². The number of imide groups is 1. The number of carbonyl (C=O) groups is 3. The highest BCUT2D eigenvalue weighted by atomic mass is 32.2. The Morgan fingerprint density at radius 3 is 2.61 bits per heavy atom. The van der Waals surface area contributed by atoms with Crippen molar-refractivity contribution >= 4 is 46.2 Å². The maximum atomic E-state index is 12.4. The lowest BCUT2D eigenvalue weighted by molar-refractivity contribution is -0.122. The molecule has 6 nitrogen and oxygen atoms in total. The Morgan fingerprint density at radius 1 is 1.21 bits per heavy atom. The number of amides is 3. The molecular formula is C18H14F2N2O4S2. The van der Waals surface area contributed by atoms with E-state index in [0.717, 1.165) is 16.7 Å². The first-order valence-corrected chi connectivity index (χ1v) is 9.75. The van der Waals surface area contributed by atoms with E-state index in [1.165, 1.54) is 41.7 Å². The molecule has 2 aromatic rings. The summed E-state index contributed by atoms with van der Waals surface area (Å²) in [6.07, 6.45) is 1.50. The molecule has 1 aliphatic rings. The minimum atomic E-state index is -2.91. The number of hydrogen-bond donors (Lipinski definition) is 1. The number of nitrogens with zero attached hydrogens (tertiary/aromatic N) is 1. The fraction of sp³-hybridized carbons (Fsp3) is 0.167. The first kappa shape index (κ1) is 20.0. The summed E-state index contributed by atoms with van der Waals surface area (Å²) in [7, 11) is 0. The van der Waals surface area contributed by atoms with Crippen LogP contribution in [-0.4, -0.2) is 41.7 Å². The largest absolute Gasteiger partial charge is 0.435 e. The number of benzene rings is 1. The van der Waals surface area contributed by atoms with Crippen LogP contribution in [-0.2, 0) is 4.79 Å². The highest BCUT2D eigenvalue weighted by Crippen LogP contribution is 2.32. The van der Waals surface area contributed by atoms with Crippen LogP contribution >= 0.6 is 23.1 Å². The second-order valence-corrected chi connectivity index (χ2v) is 7.45. The van der Waals surface area contributed by atoms with Crippen LogP contribution in [0.3, 0.4) is 0 Å². The van der Waals surface area contributed by atoms with Crippen molar-refractivity contribution < 1.29 is 27.9 Å². The van der Waals surface area contributed by atoms with Gasteiger partial charge in [0.05, 0.1) is 9.78 Å². The third-order valence-electron chi connectivity index (χ3n) is 3.64. The first-order valence-electron chi connectivity index (χ1n) is 8.06. The minimum Gasteiger partial charge on any atom is -0.435 e. The summed E-state index contributed by atoms with van der Waals surface area (Å²) >= 11 is 2.08. The molecule has 0 bridgehead atoms. The van der Waals surface area contributed by atoms with Crippen molar-refractivity contribution in [2.24, 2.45) is 0 Å². The van der Waals surface area contributed by atoms with Gasteiger partial charge in [-0.15, -0.1) is 11.3 Å². The molecule has 1 saturated heterocycles. The van der Waals surface area contributed by atoms with Crippen molar-refractivity contribution in [1.82, 2.24) is 10.2 Å². The van der Waals surface area contributed by atoms with E-state index < -0.39 is 17.8 Å². The van der Waals surface area contributed by atoms with Crippen molar-refractivity contribution in [1.29, 1.82) is 0 Å². The van der Waals surface area contributed by atoms with Gasteiger partial charge in [0.2, 0.25) is 0 Å². The van der Waals surface area contributed by atoms with Crippen molar-refractivity contribution in [3.63, 3.8) is 0 Å². The van der Waals surface area contributed by atoms with E-state index in [0.29, 0.717) is 10.4 Å². The van der Waals surface area contributed by atoms with Gasteiger partial charge in [-0.05, 0) is 47.0 Å². The molecule has 1 aliphatic heterocycles. The van der Waals surface area contributed by atoms with Gasteiger partial charge < -0.3 is 10.1 Å². The van der Waals surface area contributed by atoms with Gasteiger partial charge in [-0.1, -0.05) is 18.2 Å². The number of alkyl halides is 2. The lowest BCUT2D eigenvalue weighted by Gasteiger charge is -2.12. The average molecular weight is 424 g/mol. The number of carbonyl (C=O) groups excluding carboxylic acids is 3. The molecule has 146 valence electrons. The van der Waals surface area contributed by atoms with Gasteiger partial charge in [0.15, 0.2) is 0 Å². The second-order valence-electron chi connectivity index (χ2n) is 5.51. The van der Waals surface area contributed by atoms with E-state index >= 15 is 0 Å². The van der Waals surface area contributed by atoms with E-state index in [4.69, 9.17) is 0 Å². The molecule has 10 heteroatoms. The molecule has 0 saturated carbocycles. The van der Waals surface area contributed by atoms with Gasteiger partial charge in [0.25, 0.3) is 17.1 Å². The smallest absolute Gasteiger partial charge is 0.387 e. The minimum absolute atomic E-state index is 0.00161. The highest BCUT2D eigenvalue weighted by Gasteiger charge is 2.34. The highest BCUT2D eigenvalue weighted by molar-refractivity contribution is 8.18. The molecular weight excluding hydrogens is 410 g/mol. The molecule has 3 amide bonds. The zero-order valence-corrected chi connectivity index (χ0v) is 15.9. The molecule has 2 heterocycles. The van der Waals surface area contributed by atoms with E-state index in [9.17, 15) is 23.2 Å². The Labute approximate surface area is 167 Å². The normalized spacial score (nSPS) is 15.5. The third-order valence-corrected chi connectivity index (χ3v) is 5.42. The Kier molecular flexibility index (Phi) is 6.42. The topological polar surface area (TPSA) is 75.7 Å². The van der Waals surface area contributed by atoms with Crippen molar-refractivity contribution in [3.8, 4) is 5.75 Å². The van der Waals surface area contributed by atoms with Gasteiger partial charge in [-0.3, -0.25) is 19.3 Å². The summed E-state index contributed by atoms with van der Waals surface area (Å²) < 4.78 is 28.6. The molecule has 1 aromatic carbocycles. The maximum Gasteiger partial charge on any atom is 0.387 e. The predicted octanol–water partition coefficient (Wildman–Crippen LogP) is 3.82. The van der Waals surface area contributed by atoms with Crippen LogP contribution in [0.25, 0.3) is 6.08 Å². The number of thiophene rings is 1. The number of nitrogens with one attached hydrogen (secondary N) is 1. The molecule has 28 heavy (non-hydrogen) atoms. The Hall–Kier alpha value is -2.72. The molecule has 3 rings (SSSR count). The van der Waals surface area contributed by atoms with E-state index in [1.807, 2.05) is 0 Å². The SMILES string of the molecule is O=C(NCCN1C(=O)S/C(=C\c2ccc(OC(F)F)cc2)C1=O)c1cccs1. The standard InChI is InChI=1S/C18H14F2N2O4S2/c19-17(20)26-12-5-3-11(4-6-12)10-14-16(24)22(18(25)28-14)8-7-21-15(23)13-2-1-9-27-13/h1-6,9-10,17H,7-8H2,(H,21,23)/b14-10-. The lowest BCUT2D eigenvalue weighted by Crippen LogP contribution is -2.37. The van der Waals surface area contributed by atoms with Gasteiger partial charge in [-0.2, -0.15) is 8.78 Å². The summed E-state index contributed by atoms with van der Waals surface area (Å²) in [4.78, 5) is 38.2. The van der Waals surface area contributed by atoms with Crippen LogP contribution in [0.2, 0.25) is 0 Å². The number of hydrogen-bond acceptors (Lipinski definition) is 6. The fourth-order valence-corrected chi connectivity index (χ4v) is 3.87. The molecule has 0 spiro atoms. The summed E-state index contributed by atoms with van der Waals surface area (Å²) in [6, 6.07) is 9.15. The molecule has 0 radical (unpaired) electrons. The van der Waals surface area contributed by atoms with Gasteiger partial charge in [0, 0.05) is 13.1 Å². The molecule has 0 atom stereocenters. The number of ether oxygens (including phenoxy) is 1. The molecule has 0 unspecified atom stereocenters. The van der Waals surface area contributed by atoms with Crippen molar-refractivity contribution in [2.45, 2.75) is 6.61 Å². The summed E-state index contributed by atoms with van der Waals surface area (Å²) in [5.41, 5.74) is 0.568. The van der Waals surface area contributed by atoms with Crippen molar-refractivity contribution in [3.05, 3.63) is 57.1 Å². The van der Waals surface area contributed by atoms with Crippen LogP contribution in [0, 0.1) is 0 Å². The average Bonchev–Trinajstić information content (AvgIpc) is 3.27. The zero-order chi connectivity index (χ0) is 20.1. The zero-order valence-electron chi connectivity index (χ0n) is 14.3. The summed E-state index contributed by atoms with van der Waals surface area (Å²) in [5.74, 6) is -0.723. The molecule has 1 N–H and O–H groups in total. The van der Waals surface area contributed by atoms with E-state index in [1.54, 1.807) is 17.5 Å².